The van der Waals surface area contributed by atoms with E-state index in [4.69, 9.17) is 13.6 Å². The first-order valence-corrected chi connectivity index (χ1v) is 6.58. The predicted molar refractivity (Wildman–Crippen MR) is 78.2 cm³/mol. The lowest BCUT2D eigenvalue weighted by Gasteiger charge is -2.23. The molecule has 2 nitrogen and oxygen atoms in total. The summed E-state index contributed by atoms with van der Waals surface area (Å²) in [7, 11) is 5.95. The van der Waals surface area contributed by atoms with Crippen molar-refractivity contribution in [2.75, 3.05) is 6.54 Å². The van der Waals surface area contributed by atoms with Crippen LogP contribution in [0.2, 0.25) is 0 Å². The summed E-state index contributed by atoms with van der Waals surface area (Å²) in [4.78, 5) is 0. The number of rotatable bonds is 3. The lowest BCUT2D eigenvalue weighted by Crippen LogP contribution is -2.26. The van der Waals surface area contributed by atoms with Crippen LogP contribution in [0.3, 0.4) is 0 Å². The molecule has 3 N–H and O–H groups in total. The number of nitrogens with two attached hydrogens (primary N) is 1. The van der Waals surface area contributed by atoms with Gasteiger partial charge in [-0.25, -0.2) is 0 Å². The van der Waals surface area contributed by atoms with Gasteiger partial charge in [0.2, 0.25) is 0 Å². The second kappa shape index (κ2) is 5.62. The SMILES string of the molecule is [B]C1=C(C)C(CC(N)C2=CCCC(C)=C2)=CNC1. The van der Waals surface area contributed by atoms with Crippen LogP contribution in [0.25, 0.3) is 0 Å². The molecule has 0 saturated carbocycles. The van der Waals surface area contributed by atoms with E-state index in [0.717, 1.165) is 31.3 Å². The maximum absolute atomic E-state index is 6.30. The van der Waals surface area contributed by atoms with Gasteiger partial charge in [0, 0.05) is 18.8 Å². The molecule has 0 aromatic carbocycles. The maximum Gasteiger partial charge on any atom is 0.110 e. The Balaban J connectivity index is 2.06. The van der Waals surface area contributed by atoms with E-state index in [9.17, 15) is 0 Å². The molecule has 2 radical (unpaired) electrons. The third kappa shape index (κ3) is 2.96. The lowest BCUT2D eigenvalue weighted by molar-refractivity contribution is 0.743. The van der Waals surface area contributed by atoms with Gasteiger partial charge in [-0.1, -0.05) is 28.8 Å². The first-order valence-electron chi connectivity index (χ1n) is 6.58. The van der Waals surface area contributed by atoms with Crippen LogP contribution in [0.15, 0.2) is 46.1 Å². The van der Waals surface area contributed by atoms with E-state index in [1.54, 1.807) is 0 Å². The van der Waals surface area contributed by atoms with Crippen molar-refractivity contribution >= 4 is 7.85 Å². The third-order valence-corrected chi connectivity index (χ3v) is 3.73. The van der Waals surface area contributed by atoms with E-state index >= 15 is 0 Å². The smallest absolute Gasteiger partial charge is 0.110 e. The molecule has 0 fully saturated rings. The fraction of sp³-hybridized carbons (Fsp3) is 0.467. The van der Waals surface area contributed by atoms with Crippen LogP contribution in [-0.2, 0) is 0 Å². The van der Waals surface area contributed by atoms with Gasteiger partial charge in [-0.15, -0.1) is 0 Å². The Kier molecular flexibility index (Phi) is 4.13. The molecule has 1 aliphatic carbocycles. The zero-order valence-electron chi connectivity index (χ0n) is 11.3. The highest BCUT2D eigenvalue weighted by atomic mass is 14.8. The van der Waals surface area contributed by atoms with Crippen molar-refractivity contribution in [2.45, 2.75) is 39.2 Å². The molecule has 2 rings (SSSR count). The van der Waals surface area contributed by atoms with Crippen molar-refractivity contribution in [1.82, 2.24) is 5.32 Å². The topological polar surface area (TPSA) is 38.0 Å². The molecule has 0 amide bonds. The average molecular weight is 240 g/mol. The number of hydrogen-bond donors (Lipinski definition) is 2. The first kappa shape index (κ1) is 13.2. The second-order valence-electron chi connectivity index (χ2n) is 5.24. The zero-order chi connectivity index (χ0) is 13.1. The second-order valence-corrected chi connectivity index (χ2v) is 5.24. The van der Waals surface area contributed by atoms with E-state index in [-0.39, 0.29) is 6.04 Å². The summed E-state index contributed by atoms with van der Waals surface area (Å²) in [5.41, 5.74) is 12.3. The van der Waals surface area contributed by atoms with Crippen LogP contribution < -0.4 is 11.1 Å². The highest BCUT2D eigenvalue weighted by Gasteiger charge is 2.15. The van der Waals surface area contributed by atoms with Crippen LogP contribution in [0.4, 0.5) is 0 Å². The standard InChI is InChI=1S/C15H21BN2/c1-10-4-3-5-12(6-10)15(17)7-13-8-18-9-14(16)11(13)2/h5-6,8,15,18H,3-4,7,9,17H2,1-2H3. The van der Waals surface area contributed by atoms with Gasteiger partial charge in [-0.05, 0) is 44.3 Å². The Morgan fingerprint density at radius 3 is 2.94 bits per heavy atom. The van der Waals surface area contributed by atoms with Crippen LogP contribution in [0.1, 0.15) is 33.1 Å². The summed E-state index contributed by atoms with van der Waals surface area (Å²) in [5, 5.41) is 3.20. The molecule has 0 spiro atoms. The monoisotopic (exact) mass is 240 g/mol. The van der Waals surface area contributed by atoms with Crippen LogP contribution in [0, 0.1) is 0 Å². The molecular formula is C15H21BN2. The van der Waals surface area contributed by atoms with E-state index in [1.807, 2.05) is 6.20 Å². The fourth-order valence-electron chi connectivity index (χ4n) is 2.44. The average Bonchev–Trinajstić information content (AvgIpc) is 2.35. The lowest BCUT2D eigenvalue weighted by atomic mass is 9.83. The number of nitrogens with one attached hydrogen (secondary N) is 1. The first-order chi connectivity index (χ1) is 8.58. The number of allylic oxidation sites excluding steroid dienone is 3. The van der Waals surface area contributed by atoms with Crippen molar-refractivity contribution in [3.05, 3.63) is 46.1 Å². The highest BCUT2D eigenvalue weighted by molar-refractivity contribution is 6.22. The van der Waals surface area contributed by atoms with Crippen molar-refractivity contribution in [3.63, 3.8) is 0 Å². The van der Waals surface area contributed by atoms with Gasteiger partial charge in [0.25, 0.3) is 0 Å². The van der Waals surface area contributed by atoms with E-state index < -0.39 is 0 Å². The van der Waals surface area contributed by atoms with Gasteiger partial charge < -0.3 is 11.1 Å². The fourth-order valence-corrected chi connectivity index (χ4v) is 2.44. The minimum absolute atomic E-state index is 0.0640. The molecule has 1 unspecified atom stereocenters. The summed E-state index contributed by atoms with van der Waals surface area (Å²) in [6.45, 7) is 4.99. The Labute approximate surface area is 111 Å². The van der Waals surface area contributed by atoms with Gasteiger partial charge in [-0.3, -0.25) is 0 Å². The molecule has 0 bridgehead atoms. The van der Waals surface area contributed by atoms with Gasteiger partial charge in [0.1, 0.15) is 7.85 Å². The maximum atomic E-state index is 6.30. The zero-order valence-corrected chi connectivity index (χ0v) is 11.3. The summed E-state index contributed by atoms with van der Waals surface area (Å²) in [5.74, 6) is 0. The highest BCUT2D eigenvalue weighted by Crippen LogP contribution is 2.25. The van der Waals surface area contributed by atoms with Crippen LogP contribution >= 0.6 is 0 Å². The Bertz CT molecular complexity index is 455. The molecule has 94 valence electrons. The molecule has 1 heterocycles. The minimum Gasteiger partial charge on any atom is -0.388 e. The normalized spacial score (nSPS) is 21.8. The van der Waals surface area contributed by atoms with E-state index in [0.29, 0.717) is 0 Å². The summed E-state index contributed by atoms with van der Waals surface area (Å²) in [6, 6.07) is 0.0640. The number of hydrogen-bond acceptors (Lipinski definition) is 2. The summed E-state index contributed by atoms with van der Waals surface area (Å²) in [6.07, 6.45) is 9.65. The molecule has 1 aliphatic heterocycles. The predicted octanol–water partition coefficient (Wildman–Crippen LogP) is 2.30. The third-order valence-electron chi connectivity index (χ3n) is 3.73. The van der Waals surface area contributed by atoms with Crippen molar-refractivity contribution < 1.29 is 0 Å². The van der Waals surface area contributed by atoms with E-state index in [2.05, 4.69) is 31.3 Å². The quantitative estimate of drug-likeness (QED) is 0.743. The molecule has 0 aromatic heterocycles. The molecule has 1 atom stereocenters. The minimum atomic E-state index is 0.0640. The van der Waals surface area contributed by atoms with Gasteiger partial charge in [0.05, 0.1) is 0 Å². The van der Waals surface area contributed by atoms with Crippen molar-refractivity contribution in [3.8, 4) is 0 Å². The summed E-state index contributed by atoms with van der Waals surface area (Å²) >= 11 is 0. The number of dihydropyridines is 1. The molecule has 2 aliphatic rings. The van der Waals surface area contributed by atoms with Crippen molar-refractivity contribution in [1.29, 1.82) is 0 Å². The molecule has 0 saturated heterocycles. The Morgan fingerprint density at radius 2 is 2.22 bits per heavy atom. The molecule has 18 heavy (non-hydrogen) atoms. The van der Waals surface area contributed by atoms with Crippen molar-refractivity contribution in [2.24, 2.45) is 5.73 Å². The van der Waals surface area contributed by atoms with Gasteiger partial charge in [-0.2, -0.15) is 0 Å². The Hall–Kier alpha value is -1.22. The molecule has 3 heteroatoms. The largest absolute Gasteiger partial charge is 0.388 e. The van der Waals surface area contributed by atoms with Gasteiger partial charge in [0.15, 0.2) is 0 Å². The van der Waals surface area contributed by atoms with Crippen LogP contribution in [-0.4, -0.2) is 20.4 Å². The molecule has 0 aromatic rings. The van der Waals surface area contributed by atoms with Gasteiger partial charge >= 0.3 is 0 Å². The Morgan fingerprint density at radius 1 is 1.44 bits per heavy atom. The van der Waals surface area contributed by atoms with Crippen LogP contribution in [0.5, 0.6) is 0 Å². The summed E-state index contributed by atoms with van der Waals surface area (Å²) < 4.78 is 0. The van der Waals surface area contributed by atoms with E-state index in [1.165, 1.54) is 22.3 Å². The molecular weight excluding hydrogens is 219 g/mol.